The maximum absolute atomic E-state index is 12.4. The summed E-state index contributed by atoms with van der Waals surface area (Å²) in [6, 6.07) is 3.41. The van der Waals surface area contributed by atoms with Crippen LogP contribution in [0.25, 0.3) is 0 Å². The van der Waals surface area contributed by atoms with Gasteiger partial charge >= 0.3 is 5.97 Å². The minimum atomic E-state index is -2.84. The van der Waals surface area contributed by atoms with E-state index in [1.165, 1.54) is 6.07 Å². The Morgan fingerprint density at radius 1 is 1.50 bits per heavy atom. The summed E-state index contributed by atoms with van der Waals surface area (Å²) < 4.78 is 24.7. The van der Waals surface area contributed by atoms with Crippen LogP contribution in [0.3, 0.4) is 0 Å². The Balaban J connectivity index is 3.24. The summed E-state index contributed by atoms with van der Waals surface area (Å²) in [7, 11) is 0. The van der Waals surface area contributed by atoms with Crippen LogP contribution in [0, 0.1) is 0 Å². The van der Waals surface area contributed by atoms with Crippen LogP contribution in [0.15, 0.2) is 18.2 Å². The molecule has 6 heteroatoms. The quantitative estimate of drug-likeness (QED) is 0.514. The smallest absolute Gasteiger partial charge is 0.336 e. The van der Waals surface area contributed by atoms with E-state index in [4.69, 9.17) is 10.9 Å². The number of aromatic carboxylic acids is 1. The number of nitrogens with one attached hydrogen (secondary N) is 1. The predicted octanol–water partition coefficient (Wildman–Crippen LogP) is 1.61. The van der Waals surface area contributed by atoms with Gasteiger partial charge in [-0.3, -0.25) is 5.84 Å². The monoisotopic (exact) mass is 202 g/mol. The second kappa shape index (κ2) is 4.01. The van der Waals surface area contributed by atoms with E-state index in [9.17, 15) is 13.6 Å². The second-order valence-electron chi connectivity index (χ2n) is 2.55. The maximum Gasteiger partial charge on any atom is 0.336 e. The number of hydrogen-bond acceptors (Lipinski definition) is 3. The molecule has 0 amide bonds. The Hall–Kier alpha value is -1.69. The average Bonchev–Trinajstić information content (AvgIpc) is 2.16. The number of benzene rings is 1. The number of anilines is 1. The lowest BCUT2D eigenvalue weighted by Gasteiger charge is -2.07. The number of rotatable bonds is 3. The molecular formula is C8H8F2N2O2. The molecule has 4 nitrogen and oxygen atoms in total. The molecule has 0 aliphatic carbocycles. The first-order chi connectivity index (χ1) is 6.56. The summed E-state index contributed by atoms with van der Waals surface area (Å²) in [5.74, 6) is 3.62. The summed E-state index contributed by atoms with van der Waals surface area (Å²) in [5, 5.41) is 8.59. The summed E-state index contributed by atoms with van der Waals surface area (Å²) in [6.45, 7) is 0. The van der Waals surface area contributed by atoms with E-state index in [-0.39, 0.29) is 5.69 Å². The Bertz CT molecular complexity index is 355. The first-order valence-corrected chi connectivity index (χ1v) is 3.68. The third kappa shape index (κ3) is 1.97. The molecule has 0 radical (unpaired) electrons. The molecule has 0 saturated heterocycles. The molecule has 0 unspecified atom stereocenters. The first-order valence-electron chi connectivity index (χ1n) is 3.68. The fourth-order valence-corrected chi connectivity index (χ4v) is 1.03. The van der Waals surface area contributed by atoms with Crippen LogP contribution in [0.1, 0.15) is 22.3 Å². The Morgan fingerprint density at radius 3 is 2.57 bits per heavy atom. The molecule has 0 fully saturated rings. The number of nitrogens with two attached hydrogens (primary N) is 1. The van der Waals surface area contributed by atoms with Crippen molar-refractivity contribution in [3.05, 3.63) is 29.3 Å². The molecule has 0 atom stereocenters. The predicted molar refractivity (Wildman–Crippen MR) is 46.2 cm³/mol. The Morgan fingerprint density at radius 2 is 2.14 bits per heavy atom. The summed E-state index contributed by atoms with van der Waals surface area (Å²) in [6.07, 6.45) is -2.84. The van der Waals surface area contributed by atoms with Crippen molar-refractivity contribution in [2.45, 2.75) is 6.43 Å². The van der Waals surface area contributed by atoms with Gasteiger partial charge in [0.25, 0.3) is 6.43 Å². The molecule has 4 N–H and O–H groups in total. The highest BCUT2D eigenvalue weighted by Gasteiger charge is 2.17. The van der Waals surface area contributed by atoms with Crippen molar-refractivity contribution < 1.29 is 18.7 Å². The van der Waals surface area contributed by atoms with Crippen LogP contribution in [0.2, 0.25) is 0 Å². The van der Waals surface area contributed by atoms with Crippen molar-refractivity contribution in [1.82, 2.24) is 0 Å². The summed E-state index contributed by atoms with van der Waals surface area (Å²) in [4.78, 5) is 10.5. The summed E-state index contributed by atoms with van der Waals surface area (Å²) in [5.41, 5.74) is 1.44. The molecule has 1 aromatic rings. The van der Waals surface area contributed by atoms with Crippen molar-refractivity contribution in [3.8, 4) is 0 Å². The highest BCUT2D eigenvalue weighted by Crippen LogP contribution is 2.25. The lowest BCUT2D eigenvalue weighted by molar-refractivity contribution is 0.0684. The molecule has 0 aromatic heterocycles. The third-order valence-corrected chi connectivity index (χ3v) is 1.68. The van der Waals surface area contributed by atoms with Crippen molar-refractivity contribution in [2.75, 3.05) is 5.43 Å². The zero-order chi connectivity index (χ0) is 10.7. The zero-order valence-corrected chi connectivity index (χ0v) is 7.00. The molecule has 0 aliphatic heterocycles. The number of carboxylic acid groups (broad SMARTS) is 1. The number of carbonyl (C=O) groups is 1. The van der Waals surface area contributed by atoms with E-state index in [2.05, 4.69) is 5.43 Å². The molecule has 1 aromatic carbocycles. The van der Waals surface area contributed by atoms with Crippen molar-refractivity contribution in [2.24, 2.45) is 5.84 Å². The maximum atomic E-state index is 12.4. The number of halogens is 2. The highest BCUT2D eigenvalue weighted by atomic mass is 19.3. The molecular weight excluding hydrogens is 194 g/mol. The molecule has 0 aliphatic rings. The lowest BCUT2D eigenvalue weighted by atomic mass is 10.1. The number of nitrogen functional groups attached to an aromatic ring is 1. The van der Waals surface area contributed by atoms with Crippen LogP contribution in [-0.2, 0) is 0 Å². The number of hydrazine groups is 1. The Labute approximate surface area is 78.3 Å². The molecule has 0 heterocycles. The number of hydrogen-bond donors (Lipinski definition) is 3. The first kappa shape index (κ1) is 10.4. The standard InChI is InChI=1S/C8H8F2N2O2/c9-7(10)6-3-4(12-11)1-2-5(6)8(13)14/h1-3,7,12H,11H2,(H,13,14). The van der Waals surface area contributed by atoms with Gasteiger partial charge in [0.05, 0.1) is 5.56 Å². The Kier molecular flexibility index (Phi) is 2.98. The van der Waals surface area contributed by atoms with Gasteiger partial charge in [-0.25, -0.2) is 13.6 Å². The zero-order valence-electron chi connectivity index (χ0n) is 7.00. The summed E-state index contributed by atoms with van der Waals surface area (Å²) >= 11 is 0. The van der Waals surface area contributed by atoms with Gasteiger partial charge in [0, 0.05) is 11.3 Å². The van der Waals surface area contributed by atoms with Gasteiger partial charge in [-0.05, 0) is 18.2 Å². The number of carboxylic acids is 1. The van der Waals surface area contributed by atoms with E-state index >= 15 is 0 Å². The van der Waals surface area contributed by atoms with Crippen LogP contribution in [0.4, 0.5) is 14.5 Å². The van der Waals surface area contributed by atoms with E-state index in [0.29, 0.717) is 0 Å². The van der Waals surface area contributed by atoms with Gasteiger partial charge in [-0.2, -0.15) is 0 Å². The molecule has 1 rings (SSSR count). The molecule has 0 bridgehead atoms. The van der Waals surface area contributed by atoms with E-state index in [0.717, 1.165) is 12.1 Å². The van der Waals surface area contributed by atoms with Gasteiger partial charge in [0.2, 0.25) is 0 Å². The van der Waals surface area contributed by atoms with Crippen LogP contribution < -0.4 is 11.3 Å². The van der Waals surface area contributed by atoms with Gasteiger partial charge in [-0.15, -0.1) is 0 Å². The molecule has 0 saturated carbocycles. The van der Waals surface area contributed by atoms with Gasteiger partial charge in [0.15, 0.2) is 0 Å². The number of alkyl halides is 2. The van der Waals surface area contributed by atoms with E-state index < -0.39 is 23.5 Å². The van der Waals surface area contributed by atoms with E-state index in [1.54, 1.807) is 0 Å². The lowest BCUT2D eigenvalue weighted by Crippen LogP contribution is -2.09. The molecule has 76 valence electrons. The third-order valence-electron chi connectivity index (χ3n) is 1.68. The second-order valence-corrected chi connectivity index (χ2v) is 2.55. The normalized spacial score (nSPS) is 10.3. The van der Waals surface area contributed by atoms with Crippen molar-refractivity contribution in [3.63, 3.8) is 0 Å². The highest BCUT2D eigenvalue weighted by molar-refractivity contribution is 5.90. The molecule has 14 heavy (non-hydrogen) atoms. The largest absolute Gasteiger partial charge is 0.478 e. The van der Waals surface area contributed by atoms with Gasteiger partial charge in [0.1, 0.15) is 0 Å². The van der Waals surface area contributed by atoms with Crippen molar-refractivity contribution >= 4 is 11.7 Å². The minimum Gasteiger partial charge on any atom is -0.478 e. The van der Waals surface area contributed by atoms with Gasteiger partial charge in [-0.1, -0.05) is 0 Å². The van der Waals surface area contributed by atoms with Crippen LogP contribution >= 0.6 is 0 Å². The van der Waals surface area contributed by atoms with E-state index in [1.807, 2.05) is 0 Å². The van der Waals surface area contributed by atoms with Crippen LogP contribution in [0.5, 0.6) is 0 Å². The van der Waals surface area contributed by atoms with Gasteiger partial charge < -0.3 is 10.5 Å². The SMILES string of the molecule is NNc1ccc(C(=O)O)c(C(F)F)c1. The molecule has 0 spiro atoms. The minimum absolute atomic E-state index is 0.241. The fourth-order valence-electron chi connectivity index (χ4n) is 1.03. The topological polar surface area (TPSA) is 75.3 Å². The fraction of sp³-hybridized carbons (Fsp3) is 0.125. The van der Waals surface area contributed by atoms with Crippen LogP contribution in [-0.4, -0.2) is 11.1 Å². The average molecular weight is 202 g/mol. The van der Waals surface area contributed by atoms with Crippen molar-refractivity contribution in [1.29, 1.82) is 0 Å².